The van der Waals surface area contributed by atoms with Crippen LogP contribution in [0.4, 0.5) is 4.39 Å². The topological polar surface area (TPSA) is 58.5 Å². The van der Waals surface area contributed by atoms with Crippen LogP contribution in [0.5, 0.6) is 0 Å². The normalized spacial score (nSPS) is 16.9. The molecular formula is C16H28ClFN2O2S. The third-order valence-electron chi connectivity index (χ3n) is 3.40. The number of nitrogens with one attached hydrogen (secondary N) is 1. The summed E-state index contributed by atoms with van der Waals surface area (Å²) in [6, 6.07) is -0.506. The maximum absolute atomic E-state index is 14.1. The minimum absolute atomic E-state index is 0.0473. The Kier molecular flexibility index (Phi) is 8.49. The van der Waals surface area contributed by atoms with Gasteiger partial charge >= 0.3 is 0 Å². The van der Waals surface area contributed by atoms with Gasteiger partial charge in [0.15, 0.2) is 11.7 Å². The fourth-order valence-electron chi connectivity index (χ4n) is 1.61. The van der Waals surface area contributed by atoms with Crippen molar-refractivity contribution in [1.29, 1.82) is 0 Å². The predicted molar refractivity (Wildman–Crippen MR) is 97.2 cm³/mol. The third-order valence-corrected chi connectivity index (χ3v) is 4.74. The van der Waals surface area contributed by atoms with Gasteiger partial charge in [-0.2, -0.15) is 0 Å². The number of hydrogen-bond acceptors (Lipinski definition) is 3. The highest BCUT2D eigenvalue weighted by Gasteiger charge is 2.29. The summed E-state index contributed by atoms with van der Waals surface area (Å²) in [4.78, 5) is 4.11. The number of hydrogen-bond donors (Lipinski definition) is 1. The second-order valence-corrected chi connectivity index (χ2v) is 9.22. The van der Waals surface area contributed by atoms with Gasteiger partial charge in [0.25, 0.3) is 0 Å². The van der Waals surface area contributed by atoms with Crippen LogP contribution < -0.4 is 5.32 Å². The molecule has 0 bridgehead atoms. The molecule has 0 aliphatic heterocycles. The lowest BCUT2D eigenvalue weighted by atomic mass is 9.88. The summed E-state index contributed by atoms with van der Waals surface area (Å²) in [6.07, 6.45) is 3.11. The monoisotopic (exact) mass is 366 g/mol. The molecule has 0 unspecified atom stereocenters. The van der Waals surface area contributed by atoms with Crippen LogP contribution >= 0.6 is 11.6 Å². The van der Waals surface area contributed by atoms with Crippen LogP contribution in [0.2, 0.25) is 0 Å². The Morgan fingerprint density at radius 3 is 2.26 bits per heavy atom. The number of rotatable bonds is 6. The number of sulfone groups is 1. The fourth-order valence-corrected chi connectivity index (χ4v) is 3.01. The highest BCUT2D eigenvalue weighted by Crippen LogP contribution is 2.22. The zero-order valence-corrected chi connectivity index (χ0v) is 16.6. The van der Waals surface area contributed by atoms with Crippen LogP contribution in [0, 0.1) is 5.41 Å². The summed E-state index contributed by atoms with van der Waals surface area (Å²) in [5.41, 5.74) is 0.415. The Bertz CT molecular complexity index is 602. The van der Waals surface area contributed by atoms with E-state index >= 15 is 0 Å². The smallest absolute Gasteiger partial charge is 0.163 e. The highest BCUT2D eigenvalue weighted by atomic mass is 35.5. The summed E-state index contributed by atoms with van der Waals surface area (Å²) >= 11 is 6.10. The molecule has 0 fully saturated rings. The molecule has 0 aromatic rings. The molecule has 0 heterocycles. The second-order valence-electron chi connectivity index (χ2n) is 6.68. The van der Waals surface area contributed by atoms with Crippen molar-refractivity contribution >= 4 is 27.3 Å². The van der Waals surface area contributed by atoms with Gasteiger partial charge in [-0.25, -0.2) is 17.8 Å². The number of amidine groups is 1. The van der Waals surface area contributed by atoms with Gasteiger partial charge in [0.2, 0.25) is 0 Å². The molecule has 0 aromatic carbocycles. The lowest BCUT2D eigenvalue weighted by Gasteiger charge is -2.32. The van der Waals surface area contributed by atoms with Crippen LogP contribution in [0.15, 0.2) is 27.6 Å². The van der Waals surface area contributed by atoms with Gasteiger partial charge in [-0.1, -0.05) is 39.3 Å². The zero-order chi connectivity index (χ0) is 18.4. The SMILES string of the molecule is C\C=C(F)/C(=N\C(Cl)=C(/C)CC)N[C@H](CS(C)(=O)=O)C(C)(C)C. The Morgan fingerprint density at radius 2 is 1.91 bits per heavy atom. The minimum Gasteiger partial charge on any atom is -0.363 e. The van der Waals surface area contributed by atoms with E-state index in [-0.39, 0.29) is 16.7 Å². The first-order valence-electron chi connectivity index (χ1n) is 7.52. The van der Waals surface area contributed by atoms with E-state index in [0.717, 1.165) is 11.8 Å². The Morgan fingerprint density at radius 1 is 1.39 bits per heavy atom. The minimum atomic E-state index is -3.24. The maximum Gasteiger partial charge on any atom is 0.163 e. The second kappa shape index (κ2) is 8.83. The van der Waals surface area contributed by atoms with Crippen LogP contribution in [0.3, 0.4) is 0 Å². The van der Waals surface area contributed by atoms with Crippen LogP contribution in [0.25, 0.3) is 0 Å². The largest absolute Gasteiger partial charge is 0.363 e. The highest BCUT2D eigenvalue weighted by molar-refractivity contribution is 7.90. The van der Waals surface area contributed by atoms with Crippen molar-refractivity contribution in [3.8, 4) is 0 Å². The van der Waals surface area contributed by atoms with Crippen molar-refractivity contribution in [1.82, 2.24) is 5.32 Å². The maximum atomic E-state index is 14.1. The third kappa shape index (κ3) is 8.51. The van der Waals surface area contributed by atoms with Gasteiger partial charge in [0.1, 0.15) is 15.0 Å². The molecule has 134 valence electrons. The molecule has 0 saturated carbocycles. The molecule has 0 radical (unpaired) electrons. The molecule has 1 atom stereocenters. The van der Waals surface area contributed by atoms with E-state index in [4.69, 9.17) is 11.6 Å². The van der Waals surface area contributed by atoms with Crippen LogP contribution in [-0.4, -0.2) is 32.3 Å². The Labute approximate surface area is 144 Å². The molecule has 4 nitrogen and oxygen atoms in total. The van der Waals surface area contributed by atoms with E-state index in [2.05, 4.69) is 10.3 Å². The average molecular weight is 367 g/mol. The number of nitrogens with zero attached hydrogens (tertiary/aromatic N) is 1. The van der Waals surface area contributed by atoms with Gasteiger partial charge in [0.05, 0.1) is 5.75 Å². The van der Waals surface area contributed by atoms with Crippen molar-refractivity contribution in [2.75, 3.05) is 12.0 Å². The van der Waals surface area contributed by atoms with E-state index < -0.39 is 27.1 Å². The summed E-state index contributed by atoms with van der Waals surface area (Å²) in [7, 11) is -3.24. The lowest BCUT2D eigenvalue weighted by molar-refractivity contribution is 0.316. The van der Waals surface area contributed by atoms with Crippen molar-refractivity contribution < 1.29 is 12.8 Å². The van der Waals surface area contributed by atoms with E-state index in [1.54, 1.807) is 6.92 Å². The summed E-state index contributed by atoms with van der Waals surface area (Å²) in [5, 5.41) is 3.13. The van der Waals surface area contributed by atoms with Crippen LogP contribution in [0.1, 0.15) is 48.0 Å². The number of halogens is 2. The van der Waals surface area contributed by atoms with Gasteiger partial charge < -0.3 is 5.32 Å². The molecular weight excluding hydrogens is 339 g/mol. The van der Waals surface area contributed by atoms with Crippen molar-refractivity contribution in [3.63, 3.8) is 0 Å². The molecule has 1 N–H and O–H groups in total. The first kappa shape index (κ1) is 22.1. The molecule has 0 saturated heterocycles. The van der Waals surface area contributed by atoms with Gasteiger partial charge in [-0.05, 0) is 37.3 Å². The standard InChI is InChI=1S/C16H28ClFN2O2S/c1-8-11(3)14(17)20-15(12(18)9-2)19-13(16(4,5)6)10-23(7,21)22/h9,13H,8,10H2,1-7H3,(H,19,20)/b12-9+,14-11+/t13-/m1/s1. The first-order valence-corrected chi connectivity index (χ1v) is 9.96. The molecule has 0 spiro atoms. The molecule has 0 aromatic heterocycles. The van der Waals surface area contributed by atoms with Crippen molar-refractivity contribution in [3.05, 3.63) is 22.6 Å². The summed E-state index contributed by atoms with van der Waals surface area (Å²) in [6.45, 7) is 10.9. The first-order chi connectivity index (χ1) is 10.3. The lowest BCUT2D eigenvalue weighted by Crippen LogP contribution is -2.48. The molecule has 0 amide bonds. The van der Waals surface area contributed by atoms with E-state index in [0.29, 0.717) is 6.42 Å². The van der Waals surface area contributed by atoms with E-state index in [1.165, 1.54) is 6.08 Å². The van der Waals surface area contributed by atoms with Crippen molar-refractivity contribution in [2.45, 2.75) is 54.0 Å². The average Bonchev–Trinajstić information content (AvgIpc) is 2.41. The Balaban J connectivity index is 5.80. The zero-order valence-electron chi connectivity index (χ0n) is 15.0. The Hall–Kier alpha value is -0.880. The van der Waals surface area contributed by atoms with Gasteiger partial charge in [0, 0.05) is 12.3 Å². The van der Waals surface area contributed by atoms with Gasteiger partial charge in [-0.3, -0.25) is 0 Å². The van der Waals surface area contributed by atoms with Gasteiger partial charge in [-0.15, -0.1) is 0 Å². The molecule has 0 rings (SSSR count). The summed E-state index contributed by atoms with van der Waals surface area (Å²) < 4.78 is 37.5. The number of aliphatic imine (C=N–C) groups is 1. The fraction of sp³-hybridized carbons (Fsp3) is 0.688. The van der Waals surface area contributed by atoms with E-state index in [9.17, 15) is 12.8 Å². The predicted octanol–water partition coefficient (Wildman–Crippen LogP) is 4.19. The molecule has 7 heteroatoms. The molecule has 23 heavy (non-hydrogen) atoms. The van der Waals surface area contributed by atoms with Crippen LogP contribution in [-0.2, 0) is 9.84 Å². The summed E-state index contributed by atoms with van der Waals surface area (Å²) in [5.74, 6) is -0.746. The molecule has 0 aliphatic rings. The quantitative estimate of drug-likeness (QED) is 0.435. The van der Waals surface area contributed by atoms with E-state index in [1.807, 2.05) is 34.6 Å². The molecule has 0 aliphatic carbocycles. The number of allylic oxidation sites excluding steroid dienone is 2. The van der Waals surface area contributed by atoms with Crippen molar-refractivity contribution in [2.24, 2.45) is 10.4 Å².